The minimum atomic E-state index is -4.44. The molecule has 0 radical (unpaired) electrons. The molecule has 1 heterocycles. The van der Waals surface area contributed by atoms with E-state index < -0.39 is 35.0 Å². The monoisotopic (exact) mass is 411 g/mol. The van der Waals surface area contributed by atoms with E-state index in [9.17, 15) is 22.5 Å². The van der Waals surface area contributed by atoms with E-state index in [-0.39, 0.29) is 18.2 Å². The highest BCUT2D eigenvalue weighted by Gasteiger charge is 2.42. The highest BCUT2D eigenvalue weighted by molar-refractivity contribution is 7.85. The Morgan fingerprint density at radius 3 is 2.46 bits per heavy atom. The van der Waals surface area contributed by atoms with E-state index in [1.807, 2.05) is 55.5 Å². The van der Waals surface area contributed by atoms with Crippen LogP contribution in [0.3, 0.4) is 0 Å². The average Bonchev–Trinajstić information content (AvgIpc) is 2.76. The van der Waals surface area contributed by atoms with Gasteiger partial charge in [0.1, 0.15) is 0 Å². The number of halogens is 3. The van der Waals surface area contributed by atoms with Gasteiger partial charge in [0.15, 0.2) is 0 Å². The van der Waals surface area contributed by atoms with Gasteiger partial charge in [-0.1, -0.05) is 55.5 Å². The molecule has 0 amide bonds. The maximum Gasteiger partial charge on any atom is 0.391 e. The average molecular weight is 411 g/mol. The molecule has 28 heavy (non-hydrogen) atoms. The maximum absolute atomic E-state index is 13.1. The zero-order valence-corrected chi connectivity index (χ0v) is 16.4. The summed E-state index contributed by atoms with van der Waals surface area (Å²) >= 11 is 0. The fourth-order valence-electron chi connectivity index (χ4n) is 3.85. The van der Waals surface area contributed by atoms with Gasteiger partial charge < -0.3 is 5.11 Å². The minimum Gasteiger partial charge on any atom is -0.393 e. The van der Waals surface area contributed by atoms with Crippen molar-refractivity contribution in [2.45, 2.75) is 54.9 Å². The Labute approximate surface area is 165 Å². The fourth-order valence-corrected chi connectivity index (χ4v) is 5.59. The molecule has 0 fully saturated rings. The molecule has 2 N–H and O–H groups in total. The summed E-state index contributed by atoms with van der Waals surface area (Å²) < 4.78 is 51.4. The van der Waals surface area contributed by atoms with Gasteiger partial charge in [-0.2, -0.15) is 13.2 Å². The topological polar surface area (TPSA) is 49.3 Å². The lowest BCUT2D eigenvalue weighted by Gasteiger charge is -2.37. The lowest BCUT2D eigenvalue weighted by molar-refractivity contribution is -0.155. The van der Waals surface area contributed by atoms with Gasteiger partial charge in [0.2, 0.25) is 0 Å². The Hall–Kier alpha value is -1.70. The van der Waals surface area contributed by atoms with Crippen molar-refractivity contribution >= 4 is 10.8 Å². The van der Waals surface area contributed by atoms with Crippen molar-refractivity contribution in [1.82, 2.24) is 5.32 Å². The molecule has 4 atom stereocenters. The molecule has 2 unspecified atom stereocenters. The first-order valence-electron chi connectivity index (χ1n) is 9.28. The number of aliphatic hydroxyl groups excluding tert-OH is 1. The second kappa shape index (κ2) is 8.35. The molecule has 0 aliphatic carbocycles. The lowest BCUT2D eigenvalue weighted by atomic mass is 9.87. The molecular weight excluding hydrogens is 387 g/mol. The molecule has 3 nitrogen and oxygen atoms in total. The Bertz CT molecular complexity index is 828. The third-order valence-electron chi connectivity index (χ3n) is 5.24. The predicted molar refractivity (Wildman–Crippen MR) is 103 cm³/mol. The van der Waals surface area contributed by atoms with Crippen LogP contribution in [0.2, 0.25) is 0 Å². The van der Waals surface area contributed by atoms with Crippen LogP contribution >= 0.6 is 0 Å². The van der Waals surface area contributed by atoms with Crippen LogP contribution < -0.4 is 5.32 Å². The highest BCUT2D eigenvalue weighted by Crippen LogP contribution is 2.37. The van der Waals surface area contributed by atoms with Gasteiger partial charge in [-0.25, -0.2) is 0 Å². The van der Waals surface area contributed by atoms with Gasteiger partial charge >= 0.3 is 6.18 Å². The van der Waals surface area contributed by atoms with Crippen molar-refractivity contribution in [3.05, 3.63) is 65.7 Å². The van der Waals surface area contributed by atoms with Gasteiger partial charge in [-0.05, 0) is 30.0 Å². The van der Waals surface area contributed by atoms with Crippen LogP contribution in [0.4, 0.5) is 13.2 Å². The SMILES string of the molecule is CCC1(C[C@H](O)CC(F)(F)F)C[S@](=O)c2ccccc2C(c2ccccc2)N1. The smallest absolute Gasteiger partial charge is 0.391 e. The summed E-state index contributed by atoms with van der Waals surface area (Å²) in [5, 5.41) is 13.6. The number of benzene rings is 2. The first kappa shape index (κ1) is 21.0. The molecule has 2 aromatic rings. The van der Waals surface area contributed by atoms with Gasteiger partial charge in [-0.3, -0.25) is 9.53 Å². The van der Waals surface area contributed by atoms with Crippen LogP contribution in [0.5, 0.6) is 0 Å². The lowest BCUT2D eigenvalue weighted by Crippen LogP contribution is -2.51. The van der Waals surface area contributed by atoms with Crippen molar-refractivity contribution in [2.24, 2.45) is 0 Å². The van der Waals surface area contributed by atoms with Gasteiger partial charge in [0.25, 0.3) is 0 Å². The summed E-state index contributed by atoms with van der Waals surface area (Å²) in [6.07, 6.45) is -6.94. The van der Waals surface area contributed by atoms with E-state index in [1.165, 1.54) is 0 Å². The molecular formula is C21H24F3NO2S. The zero-order valence-electron chi connectivity index (χ0n) is 15.6. The van der Waals surface area contributed by atoms with E-state index in [0.717, 1.165) is 11.1 Å². The minimum absolute atomic E-state index is 0.119. The Morgan fingerprint density at radius 2 is 1.82 bits per heavy atom. The van der Waals surface area contributed by atoms with Crippen molar-refractivity contribution in [1.29, 1.82) is 0 Å². The van der Waals surface area contributed by atoms with Crippen molar-refractivity contribution in [2.75, 3.05) is 5.75 Å². The Kier molecular flexibility index (Phi) is 6.27. The summed E-state index contributed by atoms with van der Waals surface area (Å²) in [5.74, 6) is 0.152. The summed E-state index contributed by atoms with van der Waals surface area (Å²) in [6.45, 7) is 1.85. The molecule has 0 aromatic heterocycles. The number of nitrogens with one attached hydrogen (secondary N) is 1. The molecule has 0 saturated heterocycles. The van der Waals surface area contributed by atoms with Gasteiger partial charge in [0.05, 0.1) is 29.4 Å². The first-order chi connectivity index (χ1) is 13.2. The molecule has 0 spiro atoms. The number of fused-ring (bicyclic) bond motifs is 1. The van der Waals surface area contributed by atoms with Crippen LogP contribution in [-0.4, -0.2) is 32.9 Å². The molecule has 0 saturated carbocycles. The fraction of sp³-hybridized carbons (Fsp3) is 0.429. The molecule has 2 aromatic carbocycles. The Balaban J connectivity index is 2.01. The largest absolute Gasteiger partial charge is 0.393 e. The van der Waals surface area contributed by atoms with E-state index in [1.54, 1.807) is 6.07 Å². The number of hydrogen-bond donors (Lipinski definition) is 2. The molecule has 0 bridgehead atoms. The van der Waals surface area contributed by atoms with E-state index in [4.69, 9.17) is 0 Å². The van der Waals surface area contributed by atoms with Crippen LogP contribution in [0.25, 0.3) is 0 Å². The number of rotatable bonds is 5. The van der Waals surface area contributed by atoms with Crippen LogP contribution in [-0.2, 0) is 10.8 Å². The molecule has 3 rings (SSSR count). The summed E-state index contributed by atoms with van der Waals surface area (Å²) in [4.78, 5) is 0.685. The standard InChI is InChI=1S/C21H24F3NO2S/c1-2-20(12-16(26)13-21(22,23)24)14-28(27)18-11-7-6-10-17(18)19(25-20)15-8-4-3-5-9-15/h3-11,16,19,25-26H,2,12-14H2,1H3/t16-,19?,20?,28-/m0/s1. The molecule has 1 aliphatic heterocycles. The van der Waals surface area contributed by atoms with E-state index in [0.29, 0.717) is 11.3 Å². The van der Waals surface area contributed by atoms with Crippen molar-refractivity contribution in [3.63, 3.8) is 0 Å². The third kappa shape index (κ3) is 4.82. The second-order valence-electron chi connectivity index (χ2n) is 7.33. The maximum atomic E-state index is 13.1. The first-order valence-corrected chi connectivity index (χ1v) is 10.6. The highest BCUT2D eigenvalue weighted by atomic mass is 32.2. The van der Waals surface area contributed by atoms with Gasteiger partial charge in [-0.15, -0.1) is 0 Å². The predicted octanol–water partition coefficient (Wildman–Crippen LogP) is 4.34. The third-order valence-corrected chi connectivity index (χ3v) is 6.91. The summed E-state index contributed by atoms with van der Waals surface area (Å²) in [7, 11) is -1.39. The second-order valence-corrected chi connectivity index (χ2v) is 8.75. The number of aliphatic hydroxyl groups is 1. The quantitative estimate of drug-likeness (QED) is 0.770. The Morgan fingerprint density at radius 1 is 1.18 bits per heavy atom. The van der Waals surface area contributed by atoms with E-state index in [2.05, 4.69) is 5.32 Å². The van der Waals surface area contributed by atoms with Gasteiger partial charge in [0, 0.05) is 16.2 Å². The summed E-state index contributed by atoms with van der Waals surface area (Å²) in [5.41, 5.74) is 0.916. The molecule has 1 aliphatic rings. The van der Waals surface area contributed by atoms with Crippen LogP contribution in [0, 0.1) is 0 Å². The molecule has 152 valence electrons. The summed E-state index contributed by atoms with van der Waals surface area (Å²) in [6, 6.07) is 16.6. The number of hydrogen-bond acceptors (Lipinski definition) is 3. The number of alkyl halides is 3. The molecule has 7 heteroatoms. The van der Waals surface area contributed by atoms with E-state index >= 15 is 0 Å². The van der Waals surface area contributed by atoms with Crippen LogP contribution in [0.15, 0.2) is 59.5 Å². The van der Waals surface area contributed by atoms with Crippen molar-refractivity contribution < 1.29 is 22.5 Å². The normalized spacial score (nSPS) is 26.3. The van der Waals surface area contributed by atoms with Crippen LogP contribution in [0.1, 0.15) is 43.4 Å². The zero-order chi connectivity index (χ0) is 20.4. The van der Waals surface area contributed by atoms with Crippen molar-refractivity contribution in [3.8, 4) is 0 Å².